The molecule has 2 rings (SSSR count). The van der Waals surface area contributed by atoms with Crippen LogP contribution in [-0.4, -0.2) is 17.3 Å². The van der Waals surface area contributed by atoms with Gasteiger partial charge >= 0.3 is 0 Å². The Hall–Kier alpha value is -1.12. The standard InChI is InChI=1S/C13H16O2/c14-13(8-4-5-9-13)11-15-10-12-6-2-1-3-7-12/h1-7,14H,8-11H2. The van der Waals surface area contributed by atoms with Gasteiger partial charge in [-0.15, -0.1) is 0 Å². The monoisotopic (exact) mass is 204 g/mol. The highest BCUT2D eigenvalue weighted by Crippen LogP contribution is 2.23. The molecule has 0 amide bonds. The van der Waals surface area contributed by atoms with Crippen molar-refractivity contribution in [3.05, 3.63) is 48.0 Å². The van der Waals surface area contributed by atoms with Crippen LogP contribution in [0.1, 0.15) is 18.4 Å². The zero-order chi connectivity index (χ0) is 10.6. The van der Waals surface area contributed by atoms with E-state index in [0.29, 0.717) is 26.1 Å². The third-order valence-electron chi connectivity index (χ3n) is 2.64. The molecule has 0 aromatic heterocycles. The first kappa shape index (κ1) is 10.4. The summed E-state index contributed by atoms with van der Waals surface area (Å²) >= 11 is 0. The van der Waals surface area contributed by atoms with Gasteiger partial charge in [-0.2, -0.15) is 0 Å². The first-order valence-electron chi connectivity index (χ1n) is 5.28. The van der Waals surface area contributed by atoms with Gasteiger partial charge in [0.15, 0.2) is 0 Å². The Labute approximate surface area is 90.2 Å². The summed E-state index contributed by atoms with van der Waals surface area (Å²) in [5.74, 6) is 0. The van der Waals surface area contributed by atoms with E-state index in [2.05, 4.69) is 0 Å². The molecule has 80 valence electrons. The van der Waals surface area contributed by atoms with Crippen molar-refractivity contribution in [1.82, 2.24) is 0 Å². The molecule has 15 heavy (non-hydrogen) atoms. The topological polar surface area (TPSA) is 29.5 Å². The molecule has 2 heteroatoms. The summed E-state index contributed by atoms with van der Waals surface area (Å²) in [5, 5.41) is 9.98. The lowest BCUT2D eigenvalue weighted by molar-refractivity contribution is -0.0430. The van der Waals surface area contributed by atoms with Crippen LogP contribution in [0, 0.1) is 0 Å². The van der Waals surface area contributed by atoms with Crippen molar-refractivity contribution < 1.29 is 9.84 Å². The number of hydrogen-bond donors (Lipinski definition) is 1. The van der Waals surface area contributed by atoms with Crippen molar-refractivity contribution in [1.29, 1.82) is 0 Å². The lowest BCUT2D eigenvalue weighted by atomic mass is 10.0. The Morgan fingerprint density at radius 2 is 1.80 bits per heavy atom. The maximum Gasteiger partial charge on any atom is 0.0948 e. The van der Waals surface area contributed by atoms with E-state index < -0.39 is 5.60 Å². The maximum atomic E-state index is 9.98. The largest absolute Gasteiger partial charge is 0.387 e. The van der Waals surface area contributed by atoms with Crippen molar-refractivity contribution in [2.75, 3.05) is 6.61 Å². The molecule has 0 heterocycles. The molecule has 1 aliphatic rings. The van der Waals surface area contributed by atoms with Crippen molar-refractivity contribution in [2.24, 2.45) is 0 Å². The maximum absolute atomic E-state index is 9.98. The lowest BCUT2D eigenvalue weighted by Gasteiger charge is -2.21. The second kappa shape index (κ2) is 4.60. The molecule has 0 aliphatic heterocycles. The minimum atomic E-state index is -0.658. The Kier molecular flexibility index (Phi) is 3.19. The summed E-state index contributed by atoms with van der Waals surface area (Å²) in [6.45, 7) is 0.984. The van der Waals surface area contributed by atoms with E-state index in [1.54, 1.807) is 0 Å². The van der Waals surface area contributed by atoms with E-state index >= 15 is 0 Å². The van der Waals surface area contributed by atoms with Crippen LogP contribution >= 0.6 is 0 Å². The number of hydrogen-bond acceptors (Lipinski definition) is 2. The summed E-state index contributed by atoms with van der Waals surface area (Å²) in [6.07, 6.45) is 5.43. The van der Waals surface area contributed by atoms with E-state index in [1.807, 2.05) is 42.5 Å². The predicted molar refractivity (Wildman–Crippen MR) is 59.4 cm³/mol. The molecule has 1 N–H and O–H groups in total. The summed E-state index contributed by atoms with van der Waals surface area (Å²) in [6, 6.07) is 10.0. The van der Waals surface area contributed by atoms with Crippen LogP contribution in [0.25, 0.3) is 0 Å². The summed E-state index contributed by atoms with van der Waals surface area (Å²) in [5.41, 5.74) is 0.487. The molecule has 2 nitrogen and oxygen atoms in total. The van der Waals surface area contributed by atoms with Gasteiger partial charge in [-0.05, 0) is 18.4 Å². The Balaban J connectivity index is 1.76. The van der Waals surface area contributed by atoms with E-state index in [-0.39, 0.29) is 0 Å². The highest BCUT2D eigenvalue weighted by atomic mass is 16.5. The van der Waals surface area contributed by atoms with Gasteiger partial charge in [-0.25, -0.2) is 0 Å². The smallest absolute Gasteiger partial charge is 0.0948 e. The third kappa shape index (κ3) is 2.91. The molecule has 0 atom stereocenters. The zero-order valence-electron chi connectivity index (χ0n) is 8.73. The SMILES string of the molecule is OC1(COCc2ccccc2)CC=CC1. The minimum Gasteiger partial charge on any atom is -0.387 e. The second-order valence-corrected chi connectivity index (χ2v) is 4.08. The van der Waals surface area contributed by atoms with E-state index in [0.717, 1.165) is 5.56 Å². The summed E-state index contributed by atoms with van der Waals surface area (Å²) in [4.78, 5) is 0. The van der Waals surface area contributed by atoms with Gasteiger partial charge in [0.1, 0.15) is 0 Å². The normalized spacial score (nSPS) is 18.2. The van der Waals surface area contributed by atoms with Crippen LogP contribution in [-0.2, 0) is 11.3 Å². The predicted octanol–water partition coefficient (Wildman–Crippen LogP) is 2.28. The van der Waals surface area contributed by atoms with Crippen LogP contribution in [0.4, 0.5) is 0 Å². The molecular formula is C13H16O2. The quantitative estimate of drug-likeness (QED) is 0.762. The molecule has 0 saturated heterocycles. The van der Waals surface area contributed by atoms with Gasteiger partial charge < -0.3 is 9.84 Å². The minimum absolute atomic E-state index is 0.412. The van der Waals surface area contributed by atoms with Crippen LogP contribution in [0.2, 0.25) is 0 Å². The zero-order valence-corrected chi connectivity index (χ0v) is 8.73. The van der Waals surface area contributed by atoms with Crippen molar-refractivity contribution in [2.45, 2.75) is 25.0 Å². The molecule has 0 unspecified atom stereocenters. The fourth-order valence-electron chi connectivity index (χ4n) is 1.74. The van der Waals surface area contributed by atoms with Gasteiger partial charge in [0.25, 0.3) is 0 Å². The van der Waals surface area contributed by atoms with Crippen molar-refractivity contribution in [3.8, 4) is 0 Å². The summed E-state index contributed by atoms with van der Waals surface area (Å²) < 4.78 is 5.52. The van der Waals surface area contributed by atoms with E-state index in [1.165, 1.54) is 0 Å². The lowest BCUT2D eigenvalue weighted by Crippen LogP contribution is -2.30. The highest BCUT2D eigenvalue weighted by Gasteiger charge is 2.27. The second-order valence-electron chi connectivity index (χ2n) is 4.08. The number of aliphatic hydroxyl groups is 1. The van der Waals surface area contributed by atoms with Crippen molar-refractivity contribution >= 4 is 0 Å². The average molecular weight is 204 g/mol. The highest BCUT2D eigenvalue weighted by molar-refractivity contribution is 5.13. The molecule has 0 radical (unpaired) electrons. The molecule has 1 aliphatic carbocycles. The summed E-state index contributed by atoms with van der Waals surface area (Å²) in [7, 11) is 0. The average Bonchev–Trinajstić information content (AvgIpc) is 2.67. The number of rotatable bonds is 4. The molecule has 1 aromatic rings. The van der Waals surface area contributed by atoms with Crippen LogP contribution in [0.15, 0.2) is 42.5 Å². The molecule has 0 bridgehead atoms. The van der Waals surface area contributed by atoms with Crippen LogP contribution in [0.5, 0.6) is 0 Å². The van der Waals surface area contributed by atoms with Gasteiger partial charge in [0.05, 0.1) is 18.8 Å². The fourth-order valence-corrected chi connectivity index (χ4v) is 1.74. The van der Waals surface area contributed by atoms with Gasteiger partial charge in [0.2, 0.25) is 0 Å². The first-order chi connectivity index (χ1) is 7.29. The van der Waals surface area contributed by atoms with E-state index in [4.69, 9.17) is 4.74 Å². The number of ether oxygens (including phenoxy) is 1. The Morgan fingerprint density at radius 3 is 2.47 bits per heavy atom. The van der Waals surface area contributed by atoms with Crippen LogP contribution in [0.3, 0.4) is 0 Å². The van der Waals surface area contributed by atoms with Crippen LogP contribution < -0.4 is 0 Å². The fraction of sp³-hybridized carbons (Fsp3) is 0.385. The molecule has 0 saturated carbocycles. The third-order valence-corrected chi connectivity index (χ3v) is 2.64. The molecule has 1 aromatic carbocycles. The van der Waals surface area contributed by atoms with Gasteiger partial charge in [-0.1, -0.05) is 42.5 Å². The van der Waals surface area contributed by atoms with Crippen molar-refractivity contribution in [3.63, 3.8) is 0 Å². The molecule has 0 spiro atoms. The number of benzene rings is 1. The van der Waals surface area contributed by atoms with Gasteiger partial charge in [-0.3, -0.25) is 0 Å². The van der Waals surface area contributed by atoms with Gasteiger partial charge in [0, 0.05) is 0 Å². The molecular weight excluding hydrogens is 188 g/mol. The first-order valence-corrected chi connectivity index (χ1v) is 5.28. The van der Waals surface area contributed by atoms with E-state index in [9.17, 15) is 5.11 Å². The molecule has 0 fully saturated rings. The Morgan fingerprint density at radius 1 is 1.13 bits per heavy atom. The Bertz CT molecular complexity index is 322.